The van der Waals surface area contributed by atoms with Gasteiger partial charge >= 0.3 is 5.97 Å². The van der Waals surface area contributed by atoms with E-state index in [1.807, 2.05) is 50.2 Å². The van der Waals surface area contributed by atoms with Crippen LogP contribution in [0.3, 0.4) is 0 Å². The maximum absolute atomic E-state index is 12.4. The second-order valence-electron chi connectivity index (χ2n) is 6.71. The molecule has 1 aromatic carbocycles. The number of aryl methyl sites for hydroxylation is 1. The van der Waals surface area contributed by atoms with Gasteiger partial charge in [0, 0.05) is 33.9 Å². The van der Waals surface area contributed by atoms with Gasteiger partial charge in [0.15, 0.2) is 5.13 Å². The second kappa shape index (κ2) is 9.73. The van der Waals surface area contributed by atoms with Gasteiger partial charge in [-0.2, -0.15) is 5.26 Å². The molecule has 0 fully saturated rings. The Labute approximate surface area is 192 Å². The number of carbonyl (C=O) groups excluding carboxylic acids is 2. The van der Waals surface area contributed by atoms with Gasteiger partial charge in [0.1, 0.15) is 18.2 Å². The van der Waals surface area contributed by atoms with Crippen molar-refractivity contribution in [2.75, 3.05) is 5.32 Å². The van der Waals surface area contributed by atoms with Gasteiger partial charge in [-0.05, 0) is 55.8 Å². The molecule has 0 unspecified atom stereocenters. The Hall–Kier alpha value is -3.22. The number of benzene rings is 1. The number of rotatable bonds is 6. The molecule has 1 N–H and O–H groups in total. The summed E-state index contributed by atoms with van der Waals surface area (Å²) in [6.45, 7) is 5.19. The molecule has 0 saturated heterocycles. The topological polar surface area (TPSA) is 97.0 Å². The summed E-state index contributed by atoms with van der Waals surface area (Å²) >= 11 is 4.66. The number of nitrogens with zero attached hydrogens (tertiary/aromatic N) is 3. The Kier molecular flexibility index (Phi) is 7.05. The Balaban J connectivity index is 1.77. The van der Waals surface area contributed by atoms with Gasteiger partial charge in [0.2, 0.25) is 5.91 Å². The van der Waals surface area contributed by atoms with Crippen LogP contribution in [0.25, 0.3) is 11.8 Å². The number of esters is 1. The van der Waals surface area contributed by atoms with Crippen LogP contribution in [0.2, 0.25) is 0 Å². The van der Waals surface area contributed by atoms with Crippen molar-refractivity contribution in [3.05, 3.63) is 68.4 Å². The lowest BCUT2D eigenvalue weighted by Gasteiger charge is -2.09. The van der Waals surface area contributed by atoms with Gasteiger partial charge < -0.3 is 14.6 Å². The molecule has 0 bridgehead atoms. The minimum absolute atomic E-state index is 0.0914. The molecule has 0 atom stereocenters. The molecule has 3 aromatic rings. The summed E-state index contributed by atoms with van der Waals surface area (Å²) in [5.41, 5.74) is 4.01. The highest BCUT2D eigenvalue weighted by Crippen LogP contribution is 2.24. The lowest BCUT2D eigenvalue weighted by atomic mass is 10.1. The quantitative estimate of drug-likeness (QED) is 0.295. The molecule has 0 spiro atoms. The molecular weight excluding hydrogens is 480 g/mol. The fourth-order valence-corrected chi connectivity index (χ4v) is 4.02. The number of hydrogen-bond acceptors (Lipinski definition) is 6. The predicted octanol–water partition coefficient (Wildman–Crippen LogP) is 4.92. The maximum Gasteiger partial charge on any atom is 0.349 e. The molecule has 9 heteroatoms. The van der Waals surface area contributed by atoms with Crippen LogP contribution in [0.4, 0.5) is 5.13 Å². The van der Waals surface area contributed by atoms with Gasteiger partial charge in [0.05, 0.1) is 5.69 Å². The predicted molar refractivity (Wildman–Crippen MR) is 123 cm³/mol. The van der Waals surface area contributed by atoms with E-state index in [0.717, 1.165) is 27.1 Å². The summed E-state index contributed by atoms with van der Waals surface area (Å²) in [6, 6.07) is 11.7. The molecule has 2 aromatic heterocycles. The minimum Gasteiger partial charge on any atom is -0.455 e. The van der Waals surface area contributed by atoms with Crippen LogP contribution in [-0.4, -0.2) is 21.4 Å². The Morgan fingerprint density at radius 2 is 2.03 bits per heavy atom. The van der Waals surface area contributed by atoms with E-state index < -0.39 is 5.97 Å². The van der Waals surface area contributed by atoms with E-state index in [9.17, 15) is 14.9 Å². The highest BCUT2D eigenvalue weighted by Gasteiger charge is 2.16. The summed E-state index contributed by atoms with van der Waals surface area (Å²) in [5.74, 6) is -0.960. The van der Waals surface area contributed by atoms with Crippen molar-refractivity contribution < 1.29 is 14.3 Å². The van der Waals surface area contributed by atoms with E-state index >= 15 is 0 Å². The molecule has 0 radical (unpaired) electrons. The van der Waals surface area contributed by atoms with Crippen molar-refractivity contribution in [3.63, 3.8) is 0 Å². The number of carbonyl (C=O) groups is 2. The van der Waals surface area contributed by atoms with Crippen molar-refractivity contribution in [3.8, 4) is 11.8 Å². The number of halogens is 1. The van der Waals surface area contributed by atoms with Gasteiger partial charge in [-0.25, -0.2) is 9.78 Å². The zero-order valence-corrected chi connectivity index (χ0v) is 19.5. The minimum atomic E-state index is -0.731. The second-order valence-corrected chi connectivity index (χ2v) is 8.48. The smallest absolute Gasteiger partial charge is 0.349 e. The summed E-state index contributed by atoms with van der Waals surface area (Å²) < 4.78 is 8.27. The van der Waals surface area contributed by atoms with Crippen LogP contribution in [0, 0.1) is 25.2 Å². The first-order valence-corrected chi connectivity index (χ1v) is 10.9. The molecule has 158 valence electrons. The number of aromatic nitrogens is 2. The average molecular weight is 499 g/mol. The Morgan fingerprint density at radius 3 is 2.68 bits per heavy atom. The summed E-state index contributed by atoms with van der Waals surface area (Å²) in [6.07, 6.45) is 1.53. The highest BCUT2D eigenvalue weighted by molar-refractivity contribution is 9.10. The summed E-state index contributed by atoms with van der Waals surface area (Å²) in [5, 5.41) is 14.2. The van der Waals surface area contributed by atoms with Crippen LogP contribution in [0.1, 0.15) is 29.6 Å². The van der Waals surface area contributed by atoms with E-state index in [-0.39, 0.29) is 18.1 Å². The van der Waals surface area contributed by atoms with Crippen molar-refractivity contribution in [2.24, 2.45) is 0 Å². The van der Waals surface area contributed by atoms with E-state index in [4.69, 9.17) is 4.74 Å². The van der Waals surface area contributed by atoms with Crippen molar-refractivity contribution in [2.45, 2.75) is 27.4 Å². The Morgan fingerprint density at radius 1 is 1.32 bits per heavy atom. The number of amides is 1. The lowest BCUT2D eigenvalue weighted by molar-refractivity contribution is -0.139. The third-order valence-electron chi connectivity index (χ3n) is 4.38. The van der Waals surface area contributed by atoms with E-state index in [0.29, 0.717) is 10.8 Å². The first-order valence-electron chi connectivity index (χ1n) is 9.24. The number of nitrogens with one attached hydrogen (secondary N) is 1. The number of ether oxygens (including phenoxy) is 1. The standard InChI is InChI=1S/C22H19BrN4O3S/c1-13-8-16(14(2)27(13)20-6-4-18(23)5-7-20)9-17(10-24)21(29)30-11-19-12-31-22(26-19)25-15(3)28/h4-9,12H,11H2,1-3H3,(H,25,26,28)/b17-9+. The van der Waals surface area contributed by atoms with Crippen LogP contribution in [-0.2, 0) is 20.9 Å². The largest absolute Gasteiger partial charge is 0.455 e. The third kappa shape index (κ3) is 5.48. The van der Waals surface area contributed by atoms with E-state index in [2.05, 4.69) is 30.8 Å². The third-order valence-corrected chi connectivity index (χ3v) is 5.72. The zero-order chi connectivity index (χ0) is 22.5. The average Bonchev–Trinajstić information content (AvgIpc) is 3.28. The first kappa shape index (κ1) is 22.5. The van der Waals surface area contributed by atoms with Gasteiger partial charge in [-0.3, -0.25) is 4.79 Å². The Bertz CT molecular complexity index is 1200. The molecular formula is C22H19BrN4O3S. The SMILES string of the molecule is CC(=O)Nc1nc(COC(=O)/C(C#N)=C/c2cc(C)n(-c3ccc(Br)cc3)c2C)cs1. The van der Waals surface area contributed by atoms with E-state index in [1.165, 1.54) is 24.3 Å². The van der Waals surface area contributed by atoms with Crippen LogP contribution in [0.15, 0.2) is 45.8 Å². The van der Waals surface area contributed by atoms with Crippen molar-refractivity contribution >= 4 is 50.4 Å². The molecule has 0 aliphatic rings. The molecule has 2 heterocycles. The van der Waals surface area contributed by atoms with E-state index in [1.54, 1.807) is 5.38 Å². The van der Waals surface area contributed by atoms with Gasteiger partial charge in [0.25, 0.3) is 0 Å². The fraction of sp³-hybridized carbons (Fsp3) is 0.182. The monoisotopic (exact) mass is 498 g/mol. The molecule has 0 saturated carbocycles. The zero-order valence-electron chi connectivity index (χ0n) is 17.1. The van der Waals surface area contributed by atoms with Crippen molar-refractivity contribution in [1.29, 1.82) is 5.26 Å². The summed E-state index contributed by atoms with van der Waals surface area (Å²) in [4.78, 5) is 27.7. The fourth-order valence-electron chi connectivity index (χ4n) is 3.01. The van der Waals surface area contributed by atoms with Crippen LogP contribution in [0.5, 0.6) is 0 Å². The normalized spacial score (nSPS) is 11.1. The first-order chi connectivity index (χ1) is 14.8. The number of anilines is 1. The van der Waals surface area contributed by atoms with Crippen molar-refractivity contribution in [1.82, 2.24) is 9.55 Å². The van der Waals surface area contributed by atoms with Crippen LogP contribution >= 0.6 is 27.3 Å². The summed E-state index contributed by atoms with van der Waals surface area (Å²) in [7, 11) is 0. The molecule has 0 aliphatic carbocycles. The number of nitriles is 1. The van der Waals surface area contributed by atoms with Crippen LogP contribution < -0.4 is 5.32 Å². The molecule has 7 nitrogen and oxygen atoms in total. The number of hydrogen-bond donors (Lipinski definition) is 1. The highest BCUT2D eigenvalue weighted by atomic mass is 79.9. The molecule has 0 aliphatic heterocycles. The maximum atomic E-state index is 12.4. The molecule has 3 rings (SSSR count). The van der Waals surface area contributed by atoms with Gasteiger partial charge in [-0.1, -0.05) is 15.9 Å². The molecule has 1 amide bonds. The number of thiazole rings is 1. The van der Waals surface area contributed by atoms with Gasteiger partial charge in [-0.15, -0.1) is 11.3 Å². The lowest BCUT2D eigenvalue weighted by Crippen LogP contribution is -2.08. The molecule has 31 heavy (non-hydrogen) atoms.